The first-order valence-corrected chi connectivity index (χ1v) is 8.18. The van der Waals surface area contributed by atoms with Crippen molar-refractivity contribution in [2.45, 2.75) is 54.1 Å². The Kier molecular flexibility index (Phi) is 9.26. The van der Waals surface area contributed by atoms with Crippen molar-refractivity contribution in [1.82, 2.24) is 0 Å². The molecular weight excluding hydrogens is 546 g/mol. The molecule has 0 unspecified atom stereocenters. The second kappa shape index (κ2) is 8.74. The van der Waals surface area contributed by atoms with Crippen molar-refractivity contribution in [2.24, 2.45) is 0 Å². The van der Waals surface area contributed by atoms with E-state index in [0.717, 1.165) is 0 Å². The van der Waals surface area contributed by atoms with E-state index in [-0.39, 0.29) is 29.6 Å². The van der Waals surface area contributed by atoms with Crippen LogP contribution in [0.5, 0.6) is 0 Å². The molecule has 0 rings (SSSR count). The van der Waals surface area contributed by atoms with E-state index in [1.54, 1.807) is 0 Å². The predicted octanol–water partition coefficient (Wildman–Crippen LogP) is 1.94. The van der Waals surface area contributed by atoms with Gasteiger partial charge in [-0.1, -0.05) is 0 Å². The normalized spacial score (nSPS) is 16.1. The number of rotatable bonds is 9. The van der Waals surface area contributed by atoms with Gasteiger partial charge in [0.05, 0.1) is 10.1 Å². The fraction of sp³-hybridized carbons (Fsp3) is 1.00. The Bertz CT molecular complexity index is 772. The van der Waals surface area contributed by atoms with Crippen LogP contribution in [0.3, 0.4) is 0 Å². The third-order valence-corrected chi connectivity index (χ3v) is 4.16. The fourth-order valence-electron chi connectivity index (χ4n) is 1.61. The Morgan fingerprint density at radius 2 is 0.750 bits per heavy atom. The Morgan fingerprint density at radius 3 is 1.00 bits per heavy atom. The third kappa shape index (κ3) is 5.04. The van der Waals surface area contributed by atoms with Gasteiger partial charge in [0.25, 0.3) is 0 Å². The van der Waals surface area contributed by atoms with Crippen LogP contribution in [-0.2, 0) is 10.1 Å². The molecule has 0 heterocycles. The molecule has 0 radical (unpaired) electrons. The SMILES string of the molecule is O=S(=O)([O-])CCC(F)(F)C(F)(F)C(F)(F)C(F)(F)C(F)(F)C(F)(F)C(F)(F)C(F)(F)F.[Na+]. The fourth-order valence-corrected chi connectivity index (χ4v) is 2.11. The minimum Gasteiger partial charge on any atom is -0.748 e. The van der Waals surface area contributed by atoms with Gasteiger partial charge in [0.15, 0.2) is 0 Å². The molecule has 0 N–H and O–H groups in total. The molecule has 0 aliphatic carbocycles. The Labute approximate surface area is 187 Å². The summed E-state index contributed by atoms with van der Waals surface area (Å²) in [5, 5.41) is 0. The Morgan fingerprint density at radius 1 is 0.500 bits per heavy atom. The average molecular weight is 550 g/mol. The summed E-state index contributed by atoms with van der Waals surface area (Å²) >= 11 is 0. The summed E-state index contributed by atoms with van der Waals surface area (Å²) in [6.45, 7) is 0. The van der Waals surface area contributed by atoms with E-state index in [1.165, 1.54) is 0 Å². The van der Waals surface area contributed by atoms with Gasteiger partial charge in [-0.15, -0.1) is 0 Å². The second-order valence-corrected chi connectivity index (χ2v) is 7.18. The molecule has 0 aromatic carbocycles. The minimum absolute atomic E-state index is 0. The molecule has 0 aromatic heterocycles. The largest absolute Gasteiger partial charge is 1.00 e. The molecule has 0 amide bonds. The van der Waals surface area contributed by atoms with Crippen LogP contribution < -0.4 is 29.6 Å². The molecule has 0 aliphatic rings. The topological polar surface area (TPSA) is 57.2 Å². The average Bonchev–Trinajstić information content (AvgIpc) is 2.50. The van der Waals surface area contributed by atoms with Crippen molar-refractivity contribution in [1.29, 1.82) is 0 Å². The molecule has 0 fully saturated rings. The van der Waals surface area contributed by atoms with Gasteiger partial charge in [-0.3, -0.25) is 0 Å². The molecule has 3 nitrogen and oxygen atoms in total. The first-order valence-electron chi connectivity index (χ1n) is 6.60. The van der Waals surface area contributed by atoms with Crippen molar-refractivity contribution in [3.05, 3.63) is 0 Å². The summed E-state index contributed by atoms with van der Waals surface area (Å²) in [6, 6.07) is 0. The maximum atomic E-state index is 13.3. The molecule has 0 aromatic rings. The predicted molar refractivity (Wildman–Crippen MR) is 59.9 cm³/mol. The summed E-state index contributed by atoms with van der Waals surface area (Å²) in [5.41, 5.74) is 0. The first-order chi connectivity index (χ1) is 13.0. The molecule has 0 spiro atoms. The third-order valence-electron chi connectivity index (χ3n) is 3.45. The van der Waals surface area contributed by atoms with E-state index in [2.05, 4.69) is 0 Å². The van der Waals surface area contributed by atoms with E-state index in [1.807, 2.05) is 0 Å². The van der Waals surface area contributed by atoms with Crippen LogP contribution in [-0.4, -0.2) is 66.4 Å². The molecule has 0 atom stereocenters. The zero-order valence-corrected chi connectivity index (χ0v) is 17.3. The summed E-state index contributed by atoms with van der Waals surface area (Å²) in [7, 11) is -5.97. The van der Waals surface area contributed by atoms with Crippen molar-refractivity contribution >= 4 is 10.1 Å². The van der Waals surface area contributed by atoms with Crippen LogP contribution in [0.1, 0.15) is 6.42 Å². The van der Waals surface area contributed by atoms with Gasteiger partial charge >= 0.3 is 77.2 Å². The summed E-state index contributed by atoms with van der Waals surface area (Å²) < 4.78 is 248. The molecule has 0 aliphatic heterocycles. The molecule has 32 heavy (non-hydrogen) atoms. The Balaban J connectivity index is 0. The van der Waals surface area contributed by atoms with Crippen molar-refractivity contribution < 1.29 is 117 Å². The molecule has 188 valence electrons. The summed E-state index contributed by atoms with van der Waals surface area (Å²) in [6.07, 6.45) is -11.1. The van der Waals surface area contributed by atoms with E-state index < -0.39 is 69.9 Å². The van der Waals surface area contributed by atoms with Gasteiger partial charge < -0.3 is 4.55 Å². The first kappa shape index (κ1) is 33.9. The minimum atomic E-state index is -8.76. The second-order valence-electron chi connectivity index (χ2n) is 5.66. The maximum absolute atomic E-state index is 13.3. The maximum Gasteiger partial charge on any atom is 1.00 e. The van der Waals surface area contributed by atoms with Crippen molar-refractivity contribution in [3.8, 4) is 0 Å². The van der Waals surface area contributed by atoms with E-state index in [4.69, 9.17) is 0 Å². The molecular formula is C10H4F17NaO3S. The van der Waals surface area contributed by atoms with Crippen molar-refractivity contribution in [3.63, 3.8) is 0 Å². The van der Waals surface area contributed by atoms with Gasteiger partial charge in [-0.2, -0.15) is 74.6 Å². The summed E-state index contributed by atoms with van der Waals surface area (Å²) in [5.74, 6) is -60.5. The smallest absolute Gasteiger partial charge is 0.748 e. The quantitative estimate of drug-likeness (QED) is 0.251. The van der Waals surface area contributed by atoms with Crippen LogP contribution in [0.4, 0.5) is 74.6 Å². The van der Waals surface area contributed by atoms with Crippen LogP contribution in [0, 0.1) is 0 Å². The monoisotopic (exact) mass is 550 g/mol. The van der Waals surface area contributed by atoms with Gasteiger partial charge in [0.1, 0.15) is 0 Å². The standard InChI is InChI=1S/C10H5F17O3S.Na/c11-3(12,1-2-31(28,29)30)4(13,14)5(15,16)6(17,18)7(19,20)8(21,22)9(23,24)10(25,26)27;/h1-2H2,(H,28,29,30);/q;+1/p-1. The zero-order valence-electron chi connectivity index (χ0n) is 14.5. The van der Waals surface area contributed by atoms with Crippen molar-refractivity contribution in [2.75, 3.05) is 5.75 Å². The van der Waals surface area contributed by atoms with Gasteiger partial charge in [0.2, 0.25) is 0 Å². The van der Waals surface area contributed by atoms with Crippen LogP contribution in [0.15, 0.2) is 0 Å². The molecule has 0 saturated heterocycles. The number of hydrogen-bond acceptors (Lipinski definition) is 3. The van der Waals surface area contributed by atoms with E-state index in [9.17, 15) is 87.6 Å². The van der Waals surface area contributed by atoms with Crippen LogP contribution >= 0.6 is 0 Å². The zero-order chi connectivity index (χ0) is 25.9. The van der Waals surface area contributed by atoms with Gasteiger partial charge in [-0.05, 0) is 0 Å². The molecule has 0 bridgehead atoms. The summed E-state index contributed by atoms with van der Waals surface area (Å²) in [4.78, 5) is 0. The number of hydrogen-bond donors (Lipinski definition) is 0. The van der Waals surface area contributed by atoms with Gasteiger partial charge in [-0.25, -0.2) is 8.42 Å². The van der Waals surface area contributed by atoms with Gasteiger partial charge in [0, 0.05) is 12.2 Å². The number of alkyl halides is 17. The van der Waals surface area contributed by atoms with E-state index >= 15 is 0 Å². The Hall–Kier alpha value is -0.280. The number of halogens is 17. The molecule has 22 heteroatoms. The molecule has 0 saturated carbocycles. The van der Waals surface area contributed by atoms with E-state index in [0.29, 0.717) is 0 Å². The van der Waals surface area contributed by atoms with Crippen LogP contribution in [0.2, 0.25) is 0 Å². The van der Waals surface area contributed by atoms with Crippen LogP contribution in [0.25, 0.3) is 0 Å².